The highest BCUT2D eigenvalue weighted by Gasteiger charge is 2.52. The Morgan fingerprint density at radius 1 is 0.395 bits per heavy atom. The molecule has 5 nitrogen and oxygen atoms in total. The molecular formula is C33H66O5. The van der Waals surface area contributed by atoms with Gasteiger partial charge in [-0.2, -0.15) is 0 Å². The molecule has 1 fully saturated rings. The van der Waals surface area contributed by atoms with Gasteiger partial charge in [0.15, 0.2) is 0 Å². The van der Waals surface area contributed by atoms with E-state index in [1.165, 1.54) is 96.3 Å². The molecule has 38 heavy (non-hydrogen) atoms. The SMILES string of the molecule is OCCC1CCCCCCCCCCCCCCCCCCCCC(CCO)(CCO)C1(CCO)CCO. The largest absolute Gasteiger partial charge is 0.396 e. The predicted octanol–water partition coefficient (Wildman–Crippen LogP) is 7.30. The van der Waals surface area contributed by atoms with E-state index in [4.69, 9.17) is 0 Å². The van der Waals surface area contributed by atoms with E-state index in [1.807, 2.05) is 0 Å². The molecule has 0 aromatic rings. The molecule has 1 aliphatic carbocycles. The van der Waals surface area contributed by atoms with Crippen LogP contribution in [-0.2, 0) is 0 Å². The van der Waals surface area contributed by atoms with Gasteiger partial charge in [0.2, 0.25) is 0 Å². The number of hydrogen-bond donors (Lipinski definition) is 5. The lowest BCUT2D eigenvalue weighted by atomic mass is 9.49. The molecule has 0 amide bonds. The van der Waals surface area contributed by atoms with E-state index in [2.05, 4.69) is 0 Å². The van der Waals surface area contributed by atoms with Crippen LogP contribution in [0.15, 0.2) is 0 Å². The molecule has 1 saturated carbocycles. The number of rotatable bonds is 10. The highest BCUT2D eigenvalue weighted by atomic mass is 16.3. The Labute approximate surface area is 235 Å². The van der Waals surface area contributed by atoms with Crippen LogP contribution in [0.4, 0.5) is 0 Å². The summed E-state index contributed by atoms with van der Waals surface area (Å²) in [5.41, 5.74) is -0.753. The van der Waals surface area contributed by atoms with Gasteiger partial charge in [-0.25, -0.2) is 0 Å². The van der Waals surface area contributed by atoms with Crippen molar-refractivity contribution in [2.45, 2.75) is 161 Å². The molecule has 0 heterocycles. The lowest BCUT2D eigenvalue weighted by molar-refractivity contribution is -0.100. The first-order chi connectivity index (χ1) is 18.7. The Morgan fingerprint density at radius 3 is 1.08 bits per heavy atom. The third-order valence-corrected chi connectivity index (χ3v) is 10.1. The van der Waals surface area contributed by atoms with Gasteiger partial charge in [-0.15, -0.1) is 0 Å². The van der Waals surface area contributed by atoms with Crippen LogP contribution >= 0.6 is 0 Å². The van der Waals surface area contributed by atoms with Crippen molar-refractivity contribution in [1.29, 1.82) is 0 Å². The molecule has 0 saturated heterocycles. The Morgan fingerprint density at radius 2 is 0.737 bits per heavy atom. The maximum Gasteiger partial charge on any atom is 0.0436 e. The van der Waals surface area contributed by atoms with E-state index in [9.17, 15) is 25.5 Å². The van der Waals surface area contributed by atoms with E-state index in [1.54, 1.807) is 0 Å². The van der Waals surface area contributed by atoms with E-state index >= 15 is 0 Å². The third kappa shape index (κ3) is 13.0. The van der Waals surface area contributed by atoms with Gasteiger partial charge in [0.05, 0.1) is 0 Å². The van der Waals surface area contributed by atoms with E-state index < -0.39 is 5.41 Å². The minimum absolute atomic E-state index is 0.0283. The van der Waals surface area contributed by atoms with E-state index in [-0.39, 0.29) is 44.4 Å². The molecule has 0 aliphatic heterocycles. The summed E-state index contributed by atoms with van der Waals surface area (Å²) in [7, 11) is 0. The van der Waals surface area contributed by atoms with Crippen LogP contribution in [-0.4, -0.2) is 58.6 Å². The van der Waals surface area contributed by atoms with Gasteiger partial charge in [-0.3, -0.25) is 0 Å². The molecule has 228 valence electrons. The van der Waals surface area contributed by atoms with Crippen molar-refractivity contribution >= 4 is 0 Å². The Bertz CT molecular complexity index is 500. The average molecular weight is 543 g/mol. The number of aliphatic hydroxyl groups is 5. The van der Waals surface area contributed by atoms with Gasteiger partial charge in [-0.05, 0) is 61.7 Å². The summed E-state index contributed by atoms with van der Waals surface area (Å²) in [6.07, 6.45) is 28.0. The number of aliphatic hydroxyl groups excluding tert-OH is 5. The molecule has 0 spiro atoms. The maximum absolute atomic E-state index is 10.3. The molecule has 1 aliphatic rings. The monoisotopic (exact) mass is 542 g/mol. The van der Waals surface area contributed by atoms with Crippen molar-refractivity contribution in [3.8, 4) is 0 Å². The molecular weight excluding hydrogens is 476 g/mol. The van der Waals surface area contributed by atoms with E-state index in [0.29, 0.717) is 32.1 Å². The van der Waals surface area contributed by atoms with E-state index in [0.717, 1.165) is 32.1 Å². The molecule has 1 unspecified atom stereocenters. The fourth-order valence-electron chi connectivity index (χ4n) is 7.98. The first-order valence-electron chi connectivity index (χ1n) is 16.7. The minimum Gasteiger partial charge on any atom is -0.396 e. The highest BCUT2D eigenvalue weighted by molar-refractivity contribution is 5.01. The van der Waals surface area contributed by atoms with Crippen molar-refractivity contribution in [2.75, 3.05) is 33.0 Å². The van der Waals surface area contributed by atoms with Gasteiger partial charge in [0.25, 0.3) is 0 Å². The summed E-state index contributed by atoms with van der Waals surface area (Å²) in [6.45, 7) is 0.244. The van der Waals surface area contributed by atoms with Crippen LogP contribution in [0.1, 0.15) is 161 Å². The smallest absolute Gasteiger partial charge is 0.0436 e. The molecule has 0 aromatic carbocycles. The zero-order valence-corrected chi connectivity index (χ0v) is 25.0. The van der Waals surface area contributed by atoms with Crippen molar-refractivity contribution in [3.63, 3.8) is 0 Å². The fourth-order valence-corrected chi connectivity index (χ4v) is 7.98. The van der Waals surface area contributed by atoms with Gasteiger partial charge in [0, 0.05) is 33.0 Å². The van der Waals surface area contributed by atoms with Gasteiger partial charge in [0.1, 0.15) is 0 Å². The van der Waals surface area contributed by atoms with Crippen molar-refractivity contribution in [2.24, 2.45) is 16.7 Å². The lowest BCUT2D eigenvalue weighted by Crippen LogP contribution is -2.50. The first kappa shape index (κ1) is 35.8. The van der Waals surface area contributed by atoms with Crippen molar-refractivity contribution in [1.82, 2.24) is 0 Å². The Kier molecular flexibility index (Phi) is 22.2. The maximum atomic E-state index is 10.3. The fraction of sp³-hybridized carbons (Fsp3) is 1.00. The molecule has 5 heteroatoms. The molecule has 1 atom stereocenters. The second-order valence-electron chi connectivity index (χ2n) is 12.4. The zero-order chi connectivity index (χ0) is 27.8. The van der Waals surface area contributed by atoms with Crippen LogP contribution in [0.25, 0.3) is 0 Å². The van der Waals surface area contributed by atoms with Crippen LogP contribution in [0.3, 0.4) is 0 Å². The predicted molar refractivity (Wildman–Crippen MR) is 159 cm³/mol. The number of hydrogen-bond acceptors (Lipinski definition) is 5. The summed E-state index contributed by atoms with van der Waals surface area (Å²) in [4.78, 5) is 0. The van der Waals surface area contributed by atoms with Crippen LogP contribution in [0.2, 0.25) is 0 Å². The van der Waals surface area contributed by atoms with Gasteiger partial charge >= 0.3 is 0 Å². The summed E-state index contributed by atoms with van der Waals surface area (Å²) in [5, 5.41) is 51.2. The van der Waals surface area contributed by atoms with Crippen LogP contribution in [0, 0.1) is 16.7 Å². The topological polar surface area (TPSA) is 101 Å². The third-order valence-electron chi connectivity index (χ3n) is 10.1. The molecule has 1 rings (SSSR count). The zero-order valence-electron chi connectivity index (χ0n) is 25.0. The minimum atomic E-state index is -0.403. The Balaban J connectivity index is 3.13. The van der Waals surface area contributed by atoms with Crippen molar-refractivity contribution < 1.29 is 25.5 Å². The first-order valence-corrected chi connectivity index (χ1v) is 16.7. The summed E-state index contributed by atoms with van der Waals surface area (Å²) < 4.78 is 0. The van der Waals surface area contributed by atoms with Gasteiger partial charge in [-0.1, -0.05) is 116 Å². The molecule has 0 aromatic heterocycles. The normalized spacial score (nSPS) is 24.1. The van der Waals surface area contributed by atoms with Gasteiger partial charge < -0.3 is 25.5 Å². The summed E-state index contributed by atoms with van der Waals surface area (Å²) in [6, 6.07) is 0. The van der Waals surface area contributed by atoms with Crippen LogP contribution < -0.4 is 0 Å². The summed E-state index contributed by atoms with van der Waals surface area (Å²) >= 11 is 0. The molecule has 0 bridgehead atoms. The lowest BCUT2D eigenvalue weighted by Gasteiger charge is -2.56. The second-order valence-corrected chi connectivity index (χ2v) is 12.4. The Hall–Kier alpha value is -0.200. The summed E-state index contributed by atoms with van der Waals surface area (Å²) in [5.74, 6) is 0.159. The molecule has 5 N–H and O–H groups in total. The standard InChI is InChI=1S/C33H66O5/c34-26-20-31-19-17-15-13-11-9-7-5-3-1-2-4-6-8-10-12-14-16-18-21-32(22-27-35,23-28-36)33(31,24-29-37)25-30-38/h31,34-38H,1-30H2. The highest BCUT2D eigenvalue weighted by Crippen LogP contribution is 2.59. The average Bonchev–Trinajstić information content (AvgIpc) is 2.90. The quantitative estimate of drug-likeness (QED) is 0.199. The molecule has 0 radical (unpaired) electrons. The van der Waals surface area contributed by atoms with Crippen LogP contribution in [0.5, 0.6) is 0 Å². The van der Waals surface area contributed by atoms with Crippen molar-refractivity contribution in [3.05, 3.63) is 0 Å². The second kappa shape index (κ2) is 23.5.